The molecule has 146 valence electrons. The predicted octanol–water partition coefficient (Wildman–Crippen LogP) is 2.89. The molecule has 0 bridgehead atoms. The van der Waals surface area contributed by atoms with Crippen molar-refractivity contribution in [1.82, 2.24) is 20.3 Å². The number of pyridine rings is 1. The van der Waals surface area contributed by atoms with Crippen molar-refractivity contribution < 1.29 is 4.79 Å². The summed E-state index contributed by atoms with van der Waals surface area (Å²) < 4.78 is 0. The zero-order valence-electron chi connectivity index (χ0n) is 16.3. The fourth-order valence-electron chi connectivity index (χ4n) is 3.88. The summed E-state index contributed by atoms with van der Waals surface area (Å²) in [6.45, 7) is 5.97. The number of amides is 1. The van der Waals surface area contributed by atoms with E-state index < -0.39 is 0 Å². The first kappa shape index (κ1) is 18.6. The van der Waals surface area contributed by atoms with Crippen molar-refractivity contribution in [3.05, 3.63) is 40.8 Å². The van der Waals surface area contributed by atoms with Crippen LogP contribution in [-0.2, 0) is 5.41 Å². The van der Waals surface area contributed by atoms with Crippen LogP contribution in [-0.4, -0.2) is 41.0 Å². The molecule has 3 N–H and O–H groups in total. The number of carbonyl (C=O) groups excluding carboxylic acids is 1. The third kappa shape index (κ3) is 3.17. The highest BCUT2D eigenvalue weighted by Crippen LogP contribution is 2.38. The van der Waals surface area contributed by atoms with Gasteiger partial charge in [0.15, 0.2) is 0 Å². The molecule has 1 aliphatic heterocycles. The lowest BCUT2D eigenvalue weighted by molar-refractivity contribution is 0.0968. The molecule has 0 aliphatic carbocycles. The highest BCUT2D eigenvalue weighted by Gasteiger charge is 2.35. The van der Waals surface area contributed by atoms with Crippen LogP contribution < -0.4 is 16.0 Å². The SMILES string of the molecule is CNC(=O)c1sc2nc([C@@]3(C)CCCN(c4ccnc(C)n4)C3)ccc2c1N. The molecule has 0 spiro atoms. The number of thiophene rings is 1. The number of nitrogen functional groups attached to an aromatic ring is 1. The van der Waals surface area contributed by atoms with Gasteiger partial charge in [0.2, 0.25) is 0 Å². The maximum atomic E-state index is 12.1. The highest BCUT2D eigenvalue weighted by atomic mass is 32.1. The lowest BCUT2D eigenvalue weighted by Crippen LogP contribution is -2.45. The van der Waals surface area contributed by atoms with Crippen molar-refractivity contribution in [2.45, 2.75) is 32.1 Å². The van der Waals surface area contributed by atoms with Crippen LogP contribution in [0.3, 0.4) is 0 Å². The second kappa shape index (κ2) is 7.01. The van der Waals surface area contributed by atoms with Gasteiger partial charge in [-0.3, -0.25) is 4.79 Å². The summed E-state index contributed by atoms with van der Waals surface area (Å²) in [5, 5.41) is 3.48. The van der Waals surface area contributed by atoms with E-state index in [-0.39, 0.29) is 11.3 Å². The normalized spacial score (nSPS) is 19.8. The van der Waals surface area contributed by atoms with E-state index in [1.807, 2.05) is 31.3 Å². The third-order valence-corrected chi connectivity index (χ3v) is 6.54. The highest BCUT2D eigenvalue weighted by molar-refractivity contribution is 7.21. The number of hydrogen-bond acceptors (Lipinski definition) is 7. The molecule has 1 saturated heterocycles. The van der Waals surface area contributed by atoms with E-state index in [1.165, 1.54) is 11.3 Å². The lowest BCUT2D eigenvalue weighted by atomic mass is 9.78. The van der Waals surface area contributed by atoms with Gasteiger partial charge >= 0.3 is 0 Å². The van der Waals surface area contributed by atoms with Crippen LogP contribution in [0.25, 0.3) is 10.2 Å². The fraction of sp³-hybridized carbons (Fsp3) is 0.400. The van der Waals surface area contributed by atoms with Crippen LogP contribution >= 0.6 is 11.3 Å². The Morgan fingerprint density at radius 1 is 1.32 bits per heavy atom. The van der Waals surface area contributed by atoms with Crippen molar-refractivity contribution in [2.75, 3.05) is 30.8 Å². The summed E-state index contributed by atoms with van der Waals surface area (Å²) in [6.07, 6.45) is 3.92. The summed E-state index contributed by atoms with van der Waals surface area (Å²) in [6, 6.07) is 6.01. The molecule has 1 amide bonds. The van der Waals surface area contributed by atoms with Crippen molar-refractivity contribution in [1.29, 1.82) is 0 Å². The van der Waals surface area contributed by atoms with E-state index in [0.29, 0.717) is 10.6 Å². The summed E-state index contributed by atoms with van der Waals surface area (Å²) in [5.41, 5.74) is 7.61. The number of anilines is 2. The molecule has 1 atom stereocenters. The van der Waals surface area contributed by atoms with Crippen molar-refractivity contribution in [2.24, 2.45) is 0 Å². The van der Waals surface area contributed by atoms with E-state index in [9.17, 15) is 4.79 Å². The molecule has 4 rings (SSSR count). The van der Waals surface area contributed by atoms with Gasteiger partial charge in [0.1, 0.15) is 21.3 Å². The Bertz CT molecular complexity index is 1050. The summed E-state index contributed by atoms with van der Waals surface area (Å²) in [5.74, 6) is 1.57. The van der Waals surface area contributed by atoms with Crippen LogP contribution in [0.4, 0.5) is 11.5 Å². The first-order chi connectivity index (χ1) is 13.4. The van der Waals surface area contributed by atoms with E-state index >= 15 is 0 Å². The molecule has 3 aromatic rings. The first-order valence-electron chi connectivity index (χ1n) is 9.37. The van der Waals surface area contributed by atoms with Gasteiger partial charge in [-0.15, -0.1) is 11.3 Å². The molecule has 28 heavy (non-hydrogen) atoms. The van der Waals surface area contributed by atoms with Gasteiger partial charge in [-0.25, -0.2) is 15.0 Å². The number of carbonyl (C=O) groups is 1. The molecule has 4 heterocycles. The van der Waals surface area contributed by atoms with Gasteiger partial charge < -0.3 is 16.0 Å². The topological polar surface area (TPSA) is 97.0 Å². The minimum absolute atomic E-state index is 0.1000. The van der Waals surface area contributed by atoms with E-state index in [1.54, 1.807) is 7.05 Å². The van der Waals surface area contributed by atoms with Crippen LogP contribution in [0.1, 0.15) is 41.0 Å². The summed E-state index contributed by atoms with van der Waals surface area (Å²) in [7, 11) is 1.61. The minimum Gasteiger partial charge on any atom is -0.397 e. The number of fused-ring (bicyclic) bond motifs is 1. The fourth-order valence-corrected chi connectivity index (χ4v) is 4.92. The quantitative estimate of drug-likeness (QED) is 0.707. The van der Waals surface area contributed by atoms with E-state index in [2.05, 4.69) is 27.1 Å². The molecule has 0 unspecified atom stereocenters. The van der Waals surface area contributed by atoms with Crippen molar-refractivity contribution in [3.63, 3.8) is 0 Å². The Morgan fingerprint density at radius 2 is 2.14 bits per heavy atom. The second-order valence-corrected chi connectivity index (χ2v) is 8.52. The number of hydrogen-bond donors (Lipinski definition) is 2. The minimum atomic E-state index is -0.170. The molecule has 1 aliphatic rings. The molecule has 7 nitrogen and oxygen atoms in total. The average Bonchev–Trinajstić information content (AvgIpc) is 3.03. The Morgan fingerprint density at radius 3 is 2.89 bits per heavy atom. The number of aromatic nitrogens is 3. The van der Waals surface area contributed by atoms with Crippen LogP contribution in [0.2, 0.25) is 0 Å². The zero-order valence-corrected chi connectivity index (χ0v) is 17.1. The van der Waals surface area contributed by atoms with Gasteiger partial charge in [0.05, 0.1) is 5.69 Å². The van der Waals surface area contributed by atoms with E-state index in [0.717, 1.165) is 53.5 Å². The third-order valence-electron chi connectivity index (χ3n) is 5.43. The Labute approximate surface area is 168 Å². The first-order valence-corrected chi connectivity index (χ1v) is 10.2. The molecule has 0 aromatic carbocycles. The molecule has 3 aromatic heterocycles. The predicted molar refractivity (Wildman–Crippen MR) is 113 cm³/mol. The largest absolute Gasteiger partial charge is 0.397 e. The molecule has 1 fully saturated rings. The smallest absolute Gasteiger partial charge is 0.263 e. The average molecular weight is 397 g/mol. The zero-order chi connectivity index (χ0) is 19.9. The van der Waals surface area contributed by atoms with Crippen LogP contribution in [0.5, 0.6) is 0 Å². The molecule has 0 saturated carbocycles. The molecule has 0 radical (unpaired) electrons. The maximum Gasteiger partial charge on any atom is 0.263 e. The Kier molecular flexibility index (Phi) is 4.66. The number of rotatable bonds is 3. The number of nitrogens with one attached hydrogen (secondary N) is 1. The number of nitrogens with zero attached hydrogens (tertiary/aromatic N) is 4. The molecular weight excluding hydrogens is 372 g/mol. The number of piperidine rings is 1. The van der Waals surface area contributed by atoms with Crippen LogP contribution in [0.15, 0.2) is 24.4 Å². The van der Waals surface area contributed by atoms with Gasteiger partial charge in [-0.1, -0.05) is 6.92 Å². The lowest BCUT2D eigenvalue weighted by Gasteiger charge is -2.40. The number of aryl methyl sites for hydroxylation is 1. The second-order valence-electron chi connectivity index (χ2n) is 7.52. The van der Waals surface area contributed by atoms with Crippen molar-refractivity contribution >= 4 is 39.0 Å². The van der Waals surface area contributed by atoms with Gasteiger partial charge in [-0.05, 0) is 38.0 Å². The Balaban J connectivity index is 1.68. The van der Waals surface area contributed by atoms with Crippen molar-refractivity contribution in [3.8, 4) is 0 Å². The van der Waals surface area contributed by atoms with Crippen LogP contribution in [0, 0.1) is 6.92 Å². The molecule has 8 heteroatoms. The van der Waals surface area contributed by atoms with Gasteiger partial charge in [0.25, 0.3) is 5.91 Å². The summed E-state index contributed by atoms with van der Waals surface area (Å²) >= 11 is 1.35. The van der Waals surface area contributed by atoms with Gasteiger partial charge in [0, 0.05) is 42.8 Å². The summed E-state index contributed by atoms with van der Waals surface area (Å²) in [4.78, 5) is 29.4. The van der Waals surface area contributed by atoms with E-state index in [4.69, 9.17) is 10.7 Å². The maximum absolute atomic E-state index is 12.1. The Hall–Kier alpha value is -2.74. The van der Waals surface area contributed by atoms with Gasteiger partial charge in [-0.2, -0.15) is 0 Å². The standard InChI is InChI=1S/C20H24N6OS/c1-12-23-9-7-15(24-12)26-10-4-8-20(2,11-26)14-6-5-13-16(21)17(18(27)22-3)28-19(13)25-14/h5-7,9H,4,8,10-11,21H2,1-3H3,(H,22,27)/t20-/m0/s1. The number of nitrogens with two attached hydrogens (primary N) is 1. The molecular formula is C20H24N6OS. The monoisotopic (exact) mass is 396 g/mol.